The third kappa shape index (κ3) is 2.67. The van der Waals surface area contributed by atoms with Crippen LogP contribution in [0.15, 0.2) is 24.3 Å². The van der Waals surface area contributed by atoms with Crippen molar-refractivity contribution in [3.8, 4) is 6.07 Å². The minimum Gasteiger partial charge on any atom is -0.294 e. The second kappa shape index (κ2) is 4.52. The number of Topliss-reactive ketones (excluding diaryl/α,β-unsaturated/α-hetero) is 1. The van der Waals surface area contributed by atoms with Gasteiger partial charge in [-0.2, -0.15) is 5.26 Å². The number of ketones is 1. The Hall–Kier alpha value is -1.69. The van der Waals surface area contributed by atoms with Crippen molar-refractivity contribution in [1.29, 1.82) is 5.26 Å². The summed E-state index contributed by atoms with van der Waals surface area (Å²) in [5.74, 6) is -0.790. The van der Waals surface area contributed by atoms with Crippen molar-refractivity contribution in [3.05, 3.63) is 35.6 Å². The quantitative estimate of drug-likeness (QED) is 0.689. The van der Waals surface area contributed by atoms with E-state index in [4.69, 9.17) is 5.26 Å². The van der Waals surface area contributed by atoms with Crippen LogP contribution in [0.2, 0.25) is 0 Å². The van der Waals surface area contributed by atoms with Gasteiger partial charge in [0.05, 0.1) is 12.0 Å². The largest absolute Gasteiger partial charge is 0.294 e. The Morgan fingerprint density at radius 2 is 2.07 bits per heavy atom. The van der Waals surface area contributed by atoms with E-state index in [1.165, 1.54) is 24.3 Å². The van der Waals surface area contributed by atoms with Gasteiger partial charge in [0.25, 0.3) is 0 Å². The fourth-order valence-corrected chi connectivity index (χ4v) is 1.08. The van der Waals surface area contributed by atoms with Gasteiger partial charge in [0, 0.05) is 12.0 Å². The first-order chi connectivity index (χ1) is 6.63. The van der Waals surface area contributed by atoms with Gasteiger partial charge in [-0.1, -0.05) is 0 Å². The van der Waals surface area contributed by atoms with Crippen LogP contribution in [0.4, 0.5) is 4.39 Å². The van der Waals surface area contributed by atoms with Crippen molar-refractivity contribution >= 4 is 5.78 Å². The minimum absolute atomic E-state index is 0.126. The highest BCUT2D eigenvalue weighted by molar-refractivity contribution is 5.96. The van der Waals surface area contributed by atoms with E-state index in [-0.39, 0.29) is 23.9 Å². The Bertz CT molecular complexity index is 364. The first-order valence-electron chi connectivity index (χ1n) is 4.32. The molecule has 0 radical (unpaired) electrons. The van der Waals surface area contributed by atoms with Crippen LogP contribution in [-0.4, -0.2) is 5.78 Å². The van der Waals surface area contributed by atoms with Crippen molar-refractivity contribution < 1.29 is 9.18 Å². The zero-order chi connectivity index (χ0) is 10.6. The lowest BCUT2D eigenvalue weighted by Gasteiger charge is -2.01. The predicted octanol–water partition coefficient (Wildman–Crippen LogP) is 2.56. The van der Waals surface area contributed by atoms with Crippen molar-refractivity contribution in [2.45, 2.75) is 13.3 Å². The lowest BCUT2D eigenvalue weighted by molar-refractivity contribution is 0.0973. The molecular formula is C11H10FNO. The zero-order valence-corrected chi connectivity index (χ0v) is 7.83. The van der Waals surface area contributed by atoms with Gasteiger partial charge in [-0.15, -0.1) is 0 Å². The summed E-state index contributed by atoms with van der Waals surface area (Å²) in [6, 6.07) is 7.33. The SMILES string of the molecule is C[C@H](C#N)CC(=O)c1ccc(F)cc1. The van der Waals surface area contributed by atoms with Crippen LogP contribution in [0.5, 0.6) is 0 Å². The van der Waals surface area contributed by atoms with E-state index in [0.29, 0.717) is 5.56 Å². The molecule has 14 heavy (non-hydrogen) atoms. The molecule has 0 fully saturated rings. The van der Waals surface area contributed by atoms with E-state index in [9.17, 15) is 9.18 Å². The summed E-state index contributed by atoms with van der Waals surface area (Å²) in [6.07, 6.45) is 0.183. The molecule has 1 atom stereocenters. The molecular weight excluding hydrogens is 181 g/mol. The van der Waals surface area contributed by atoms with Gasteiger partial charge in [0.1, 0.15) is 5.82 Å². The molecule has 1 aromatic rings. The van der Waals surface area contributed by atoms with E-state index in [1.54, 1.807) is 6.92 Å². The Morgan fingerprint density at radius 3 is 2.57 bits per heavy atom. The lowest BCUT2D eigenvalue weighted by atomic mass is 10.0. The summed E-state index contributed by atoms with van der Waals surface area (Å²) in [7, 11) is 0. The maximum Gasteiger partial charge on any atom is 0.164 e. The van der Waals surface area contributed by atoms with E-state index >= 15 is 0 Å². The summed E-state index contributed by atoms with van der Waals surface area (Å²) < 4.78 is 12.5. The monoisotopic (exact) mass is 191 g/mol. The number of nitriles is 1. The van der Waals surface area contributed by atoms with Gasteiger partial charge >= 0.3 is 0 Å². The first-order valence-corrected chi connectivity index (χ1v) is 4.32. The maximum absolute atomic E-state index is 12.5. The lowest BCUT2D eigenvalue weighted by Crippen LogP contribution is -2.04. The summed E-state index contributed by atoms with van der Waals surface area (Å²) in [4.78, 5) is 11.5. The van der Waals surface area contributed by atoms with Crippen LogP contribution in [0.1, 0.15) is 23.7 Å². The van der Waals surface area contributed by atoms with Crippen LogP contribution < -0.4 is 0 Å². The molecule has 0 N–H and O–H groups in total. The Kier molecular flexibility index (Phi) is 3.35. The highest BCUT2D eigenvalue weighted by Gasteiger charge is 2.10. The summed E-state index contributed by atoms with van der Waals surface area (Å²) in [5, 5.41) is 8.51. The van der Waals surface area contributed by atoms with Gasteiger partial charge in [-0.3, -0.25) is 4.79 Å². The molecule has 0 aliphatic rings. The minimum atomic E-state index is -0.366. The molecule has 0 saturated heterocycles. The first kappa shape index (κ1) is 10.4. The van der Waals surface area contributed by atoms with E-state index < -0.39 is 0 Å². The van der Waals surface area contributed by atoms with Crippen molar-refractivity contribution in [2.24, 2.45) is 5.92 Å². The Morgan fingerprint density at radius 1 is 1.50 bits per heavy atom. The number of hydrogen-bond donors (Lipinski definition) is 0. The molecule has 0 saturated carbocycles. The molecule has 0 heterocycles. The third-order valence-electron chi connectivity index (χ3n) is 1.88. The zero-order valence-electron chi connectivity index (χ0n) is 7.83. The van der Waals surface area contributed by atoms with Crippen LogP contribution in [0.3, 0.4) is 0 Å². The molecule has 0 unspecified atom stereocenters. The van der Waals surface area contributed by atoms with E-state index in [0.717, 1.165) is 0 Å². The molecule has 1 rings (SSSR count). The topological polar surface area (TPSA) is 40.9 Å². The summed E-state index contributed by atoms with van der Waals surface area (Å²) >= 11 is 0. The number of carbonyl (C=O) groups is 1. The molecule has 3 heteroatoms. The second-order valence-electron chi connectivity index (χ2n) is 3.16. The smallest absolute Gasteiger partial charge is 0.164 e. The normalized spacial score (nSPS) is 11.8. The average molecular weight is 191 g/mol. The van der Waals surface area contributed by atoms with Crippen molar-refractivity contribution in [2.75, 3.05) is 0 Å². The fraction of sp³-hybridized carbons (Fsp3) is 0.273. The van der Waals surface area contributed by atoms with E-state index in [2.05, 4.69) is 0 Å². The molecule has 0 bridgehead atoms. The van der Waals surface area contributed by atoms with Gasteiger partial charge in [-0.05, 0) is 31.2 Å². The number of nitrogens with zero attached hydrogens (tertiary/aromatic N) is 1. The van der Waals surface area contributed by atoms with Gasteiger partial charge in [0.15, 0.2) is 5.78 Å². The molecule has 0 aliphatic heterocycles. The molecule has 0 amide bonds. The van der Waals surface area contributed by atoms with Crippen LogP contribution >= 0.6 is 0 Å². The Balaban J connectivity index is 2.71. The average Bonchev–Trinajstić information content (AvgIpc) is 2.18. The highest BCUT2D eigenvalue weighted by Crippen LogP contribution is 2.09. The molecule has 0 aliphatic carbocycles. The standard InChI is InChI=1S/C11H10FNO/c1-8(7-13)6-11(14)9-2-4-10(12)5-3-9/h2-5,8H,6H2,1H3/t8-/m0/s1. The number of halogens is 1. The van der Waals surface area contributed by atoms with Gasteiger partial charge in [0.2, 0.25) is 0 Å². The fourth-order valence-electron chi connectivity index (χ4n) is 1.08. The summed E-state index contributed by atoms with van der Waals surface area (Å²) in [6.45, 7) is 1.68. The number of benzene rings is 1. The summed E-state index contributed by atoms with van der Waals surface area (Å²) in [5.41, 5.74) is 0.452. The van der Waals surface area contributed by atoms with Crippen molar-refractivity contribution in [1.82, 2.24) is 0 Å². The molecule has 72 valence electrons. The number of rotatable bonds is 3. The number of carbonyl (C=O) groups excluding carboxylic acids is 1. The third-order valence-corrected chi connectivity index (χ3v) is 1.88. The predicted molar refractivity (Wildman–Crippen MR) is 50.1 cm³/mol. The molecule has 0 spiro atoms. The van der Waals surface area contributed by atoms with Crippen LogP contribution in [-0.2, 0) is 0 Å². The molecule has 2 nitrogen and oxygen atoms in total. The second-order valence-corrected chi connectivity index (χ2v) is 3.16. The van der Waals surface area contributed by atoms with Gasteiger partial charge < -0.3 is 0 Å². The van der Waals surface area contributed by atoms with Crippen molar-refractivity contribution in [3.63, 3.8) is 0 Å². The highest BCUT2D eigenvalue weighted by atomic mass is 19.1. The van der Waals surface area contributed by atoms with Crippen LogP contribution in [0.25, 0.3) is 0 Å². The van der Waals surface area contributed by atoms with E-state index in [1.807, 2.05) is 6.07 Å². The Labute approximate surface area is 82.0 Å². The van der Waals surface area contributed by atoms with Gasteiger partial charge in [-0.25, -0.2) is 4.39 Å². The maximum atomic E-state index is 12.5. The number of hydrogen-bond acceptors (Lipinski definition) is 2. The van der Waals surface area contributed by atoms with Crippen LogP contribution in [0, 0.1) is 23.1 Å². The molecule has 0 aromatic heterocycles. The molecule has 1 aromatic carbocycles.